The van der Waals surface area contributed by atoms with Gasteiger partial charge in [0.2, 0.25) is 0 Å². The molecule has 1 saturated carbocycles. The first-order chi connectivity index (χ1) is 6.96. The maximum Gasteiger partial charge on any atom is 0.0583 e. The van der Waals surface area contributed by atoms with Gasteiger partial charge in [0.05, 0.1) is 6.10 Å². The summed E-state index contributed by atoms with van der Waals surface area (Å²) >= 11 is 0. The van der Waals surface area contributed by atoms with Gasteiger partial charge in [-0.1, -0.05) is 20.8 Å². The Morgan fingerprint density at radius 1 is 1.20 bits per heavy atom. The lowest BCUT2D eigenvalue weighted by molar-refractivity contribution is 0.123. The van der Waals surface area contributed by atoms with Crippen LogP contribution in [0.15, 0.2) is 0 Å². The second kappa shape index (κ2) is 4.06. The van der Waals surface area contributed by atoms with Crippen molar-refractivity contribution >= 4 is 0 Å². The first-order valence-corrected chi connectivity index (χ1v) is 6.36. The van der Waals surface area contributed by atoms with E-state index in [-0.39, 0.29) is 6.10 Å². The van der Waals surface area contributed by atoms with Crippen LogP contribution >= 0.6 is 0 Å². The van der Waals surface area contributed by atoms with Gasteiger partial charge < -0.3 is 10.0 Å². The van der Waals surface area contributed by atoms with Crippen LogP contribution in [0.4, 0.5) is 0 Å². The van der Waals surface area contributed by atoms with Gasteiger partial charge in [0.25, 0.3) is 0 Å². The molecule has 0 bridgehead atoms. The molecule has 1 saturated heterocycles. The third-order valence-corrected chi connectivity index (χ3v) is 4.07. The molecule has 1 heterocycles. The van der Waals surface area contributed by atoms with E-state index in [2.05, 4.69) is 25.7 Å². The van der Waals surface area contributed by atoms with Crippen molar-refractivity contribution in [1.82, 2.24) is 4.90 Å². The lowest BCUT2D eigenvalue weighted by Gasteiger charge is -2.24. The van der Waals surface area contributed by atoms with Gasteiger partial charge in [0, 0.05) is 19.0 Å². The van der Waals surface area contributed by atoms with Crippen LogP contribution in [0.5, 0.6) is 0 Å². The third-order valence-electron chi connectivity index (χ3n) is 4.07. The van der Waals surface area contributed by atoms with Gasteiger partial charge >= 0.3 is 0 Å². The molecular formula is C13H25NO. The van der Waals surface area contributed by atoms with Crippen molar-refractivity contribution in [3.63, 3.8) is 0 Å². The van der Waals surface area contributed by atoms with Gasteiger partial charge in [-0.05, 0) is 37.1 Å². The van der Waals surface area contributed by atoms with Gasteiger partial charge in [-0.25, -0.2) is 0 Å². The zero-order valence-corrected chi connectivity index (χ0v) is 10.4. The topological polar surface area (TPSA) is 23.5 Å². The summed E-state index contributed by atoms with van der Waals surface area (Å²) in [7, 11) is 0. The fourth-order valence-corrected chi connectivity index (χ4v) is 3.01. The van der Waals surface area contributed by atoms with Crippen LogP contribution < -0.4 is 0 Å². The van der Waals surface area contributed by atoms with Crippen molar-refractivity contribution < 1.29 is 5.11 Å². The zero-order valence-electron chi connectivity index (χ0n) is 10.4. The van der Waals surface area contributed by atoms with Crippen LogP contribution in [0.2, 0.25) is 0 Å². The summed E-state index contributed by atoms with van der Waals surface area (Å²) in [6.45, 7) is 10.5. The fraction of sp³-hybridized carbons (Fsp3) is 1.00. The van der Waals surface area contributed by atoms with E-state index in [4.69, 9.17) is 0 Å². The maximum absolute atomic E-state index is 9.82. The van der Waals surface area contributed by atoms with Crippen LogP contribution in [-0.4, -0.2) is 35.7 Å². The first kappa shape index (κ1) is 11.4. The monoisotopic (exact) mass is 211 g/mol. The smallest absolute Gasteiger partial charge is 0.0583 e. The molecule has 1 aliphatic carbocycles. The number of nitrogens with zero attached hydrogens (tertiary/aromatic N) is 1. The minimum atomic E-state index is -0.00497. The second-order valence-electron chi connectivity index (χ2n) is 6.64. The van der Waals surface area contributed by atoms with Crippen LogP contribution in [0.1, 0.15) is 40.0 Å². The van der Waals surface area contributed by atoms with E-state index in [1.807, 2.05) is 0 Å². The minimum Gasteiger partial charge on any atom is -0.393 e. The zero-order chi connectivity index (χ0) is 11.1. The Bertz CT molecular complexity index is 221. The molecule has 0 aromatic carbocycles. The summed E-state index contributed by atoms with van der Waals surface area (Å²) < 4.78 is 0. The molecule has 3 unspecified atom stereocenters. The number of hydrogen-bond donors (Lipinski definition) is 1. The number of likely N-dealkylation sites (tertiary alicyclic amines) is 1. The van der Waals surface area contributed by atoms with Gasteiger partial charge in [-0.15, -0.1) is 0 Å². The van der Waals surface area contributed by atoms with Crippen molar-refractivity contribution in [1.29, 1.82) is 0 Å². The number of hydrogen-bond acceptors (Lipinski definition) is 2. The van der Waals surface area contributed by atoms with E-state index in [9.17, 15) is 5.11 Å². The summed E-state index contributed by atoms with van der Waals surface area (Å²) in [5, 5.41) is 9.82. The van der Waals surface area contributed by atoms with E-state index >= 15 is 0 Å². The highest BCUT2D eigenvalue weighted by Crippen LogP contribution is 2.38. The van der Waals surface area contributed by atoms with E-state index < -0.39 is 0 Å². The number of aliphatic hydroxyl groups is 1. The lowest BCUT2D eigenvalue weighted by atomic mass is 9.92. The molecule has 2 fully saturated rings. The number of fused-ring (bicyclic) bond motifs is 1. The Balaban J connectivity index is 1.79. The molecular weight excluding hydrogens is 186 g/mol. The average Bonchev–Trinajstić information content (AvgIpc) is 2.64. The molecule has 2 rings (SSSR count). The van der Waals surface area contributed by atoms with Gasteiger partial charge in [0.15, 0.2) is 0 Å². The molecule has 2 aliphatic rings. The summed E-state index contributed by atoms with van der Waals surface area (Å²) in [4.78, 5) is 2.56. The summed E-state index contributed by atoms with van der Waals surface area (Å²) in [6.07, 6.45) is 3.55. The van der Waals surface area contributed by atoms with Gasteiger partial charge in [0.1, 0.15) is 0 Å². The summed E-state index contributed by atoms with van der Waals surface area (Å²) in [5.74, 6) is 1.38. The lowest BCUT2D eigenvalue weighted by Crippen LogP contribution is -2.28. The fourth-order valence-electron chi connectivity index (χ4n) is 3.01. The predicted molar refractivity (Wildman–Crippen MR) is 62.7 cm³/mol. The highest BCUT2D eigenvalue weighted by atomic mass is 16.3. The van der Waals surface area contributed by atoms with Crippen LogP contribution in [0.3, 0.4) is 0 Å². The quantitative estimate of drug-likeness (QED) is 0.756. The Labute approximate surface area is 93.7 Å². The van der Waals surface area contributed by atoms with Gasteiger partial charge in [-0.2, -0.15) is 0 Å². The maximum atomic E-state index is 9.82. The van der Waals surface area contributed by atoms with Crippen molar-refractivity contribution in [2.24, 2.45) is 17.3 Å². The van der Waals surface area contributed by atoms with Crippen molar-refractivity contribution in [2.45, 2.75) is 46.1 Å². The standard InChI is InChI=1S/C13H25NO/c1-13(2,3)6-7-14-8-10-4-5-12(15)11(10)9-14/h10-12,15H,4-9H2,1-3H3. The Hall–Kier alpha value is -0.0800. The van der Waals surface area contributed by atoms with E-state index in [0.29, 0.717) is 11.3 Å². The summed E-state index contributed by atoms with van der Waals surface area (Å²) in [5.41, 5.74) is 0.441. The van der Waals surface area contributed by atoms with Crippen LogP contribution in [-0.2, 0) is 0 Å². The third kappa shape index (κ3) is 2.73. The molecule has 0 radical (unpaired) electrons. The minimum absolute atomic E-state index is 0.00497. The van der Waals surface area contributed by atoms with Crippen molar-refractivity contribution in [2.75, 3.05) is 19.6 Å². The van der Waals surface area contributed by atoms with Crippen LogP contribution in [0.25, 0.3) is 0 Å². The van der Waals surface area contributed by atoms with E-state index in [1.165, 1.54) is 25.9 Å². The molecule has 0 aromatic heterocycles. The molecule has 0 spiro atoms. The normalized spacial score (nSPS) is 37.2. The molecule has 1 aliphatic heterocycles. The summed E-state index contributed by atoms with van der Waals surface area (Å²) in [6, 6.07) is 0. The molecule has 3 atom stereocenters. The molecule has 15 heavy (non-hydrogen) atoms. The number of rotatable bonds is 2. The molecule has 1 N–H and O–H groups in total. The first-order valence-electron chi connectivity index (χ1n) is 6.36. The SMILES string of the molecule is CC(C)(C)CCN1CC2CCC(O)C2C1. The Morgan fingerprint density at radius 2 is 1.93 bits per heavy atom. The molecule has 88 valence electrons. The predicted octanol–water partition coefficient (Wildman–Crippen LogP) is 2.13. The highest BCUT2D eigenvalue weighted by molar-refractivity contribution is 4.93. The Morgan fingerprint density at radius 3 is 2.53 bits per heavy atom. The molecule has 2 nitrogen and oxygen atoms in total. The van der Waals surface area contributed by atoms with Crippen LogP contribution in [0, 0.1) is 17.3 Å². The molecule has 0 aromatic rings. The van der Waals surface area contributed by atoms with Crippen molar-refractivity contribution in [3.8, 4) is 0 Å². The van der Waals surface area contributed by atoms with E-state index in [0.717, 1.165) is 18.9 Å². The largest absolute Gasteiger partial charge is 0.393 e. The second-order valence-corrected chi connectivity index (χ2v) is 6.64. The van der Waals surface area contributed by atoms with Gasteiger partial charge in [-0.3, -0.25) is 0 Å². The van der Waals surface area contributed by atoms with Crippen molar-refractivity contribution in [3.05, 3.63) is 0 Å². The average molecular weight is 211 g/mol. The Kier molecular flexibility index (Phi) is 3.09. The molecule has 2 heteroatoms. The highest BCUT2D eigenvalue weighted by Gasteiger charge is 2.41. The number of aliphatic hydroxyl groups excluding tert-OH is 1. The molecule has 0 amide bonds. The van der Waals surface area contributed by atoms with E-state index in [1.54, 1.807) is 0 Å².